The second kappa shape index (κ2) is 6.55. The second-order valence-corrected chi connectivity index (χ2v) is 4.90. The molecule has 6 nitrogen and oxygen atoms in total. The van der Waals surface area contributed by atoms with E-state index in [0.717, 1.165) is 21.9 Å². The van der Waals surface area contributed by atoms with Gasteiger partial charge >= 0.3 is 5.97 Å². The molecule has 114 valence electrons. The number of methoxy groups -OCH3 is 1. The lowest BCUT2D eigenvalue weighted by Gasteiger charge is -2.06. The SMILES string of the molecule is COCC(=O)O.N=C1N=C(N)c2ccc3c(Cl)cccc3c21. The molecule has 1 aliphatic heterocycles. The van der Waals surface area contributed by atoms with Crippen molar-refractivity contribution in [1.82, 2.24) is 0 Å². The van der Waals surface area contributed by atoms with E-state index in [4.69, 9.17) is 27.9 Å². The van der Waals surface area contributed by atoms with Crippen LogP contribution in [-0.2, 0) is 9.53 Å². The van der Waals surface area contributed by atoms with Crippen LogP contribution in [-0.4, -0.2) is 36.5 Å². The lowest BCUT2D eigenvalue weighted by Crippen LogP contribution is -2.10. The third kappa shape index (κ3) is 3.08. The normalized spacial score (nSPS) is 12.5. The van der Waals surface area contributed by atoms with E-state index in [1.54, 1.807) is 0 Å². The molecule has 0 unspecified atom stereocenters. The molecular formula is C15H14ClN3O3. The monoisotopic (exact) mass is 319 g/mol. The first-order chi connectivity index (χ1) is 10.5. The number of carboxylic acid groups (broad SMARTS) is 1. The van der Waals surface area contributed by atoms with Crippen molar-refractivity contribution in [3.63, 3.8) is 0 Å². The Labute approximate surface area is 131 Å². The van der Waals surface area contributed by atoms with Gasteiger partial charge in [-0.05, 0) is 17.5 Å². The van der Waals surface area contributed by atoms with Crippen LogP contribution in [0.15, 0.2) is 35.3 Å². The topological polar surface area (TPSA) is 109 Å². The standard InChI is InChI=1S/C12H8ClN3.C3H6O3/c13-9-3-1-2-7-6(9)4-5-8-10(7)12(15)16-11(8)14;1-6-2-3(4)5/h1-5H,(H3,14,15,16);2H2,1H3,(H,4,5). The molecule has 1 heterocycles. The number of hydrogen-bond donors (Lipinski definition) is 3. The maximum absolute atomic E-state index is 9.47. The number of hydrogen-bond acceptors (Lipinski definition) is 4. The maximum Gasteiger partial charge on any atom is 0.329 e. The fourth-order valence-electron chi connectivity index (χ4n) is 2.15. The minimum atomic E-state index is -0.933. The molecule has 0 saturated carbocycles. The summed E-state index contributed by atoms with van der Waals surface area (Å²) in [4.78, 5) is 13.4. The fraction of sp³-hybridized carbons (Fsp3) is 0.133. The Hall–Kier alpha value is -2.44. The summed E-state index contributed by atoms with van der Waals surface area (Å²) in [5.74, 6) is -0.320. The molecule has 22 heavy (non-hydrogen) atoms. The maximum atomic E-state index is 9.47. The summed E-state index contributed by atoms with van der Waals surface area (Å²) in [7, 11) is 1.34. The number of nitrogens with zero attached hydrogens (tertiary/aromatic N) is 1. The van der Waals surface area contributed by atoms with Crippen LogP contribution in [0.2, 0.25) is 5.02 Å². The molecule has 2 aromatic rings. The first-order valence-corrected chi connectivity index (χ1v) is 6.69. The summed E-state index contributed by atoms with van der Waals surface area (Å²) < 4.78 is 4.20. The van der Waals surface area contributed by atoms with E-state index in [-0.39, 0.29) is 12.4 Å². The number of nitrogens with two attached hydrogens (primary N) is 1. The molecule has 0 saturated heterocycles. The van der Waals surface area contributed by atoms with Crippen LogP contribution in [0, 0.1) is 5.41 Å². The zero-order valence-electron chi connectivity index (χ0n) is 11.8. The van der Waals surface area contributed by atoms with Crippen LogP contribution in [0.25, 0.3) is 10.8 Å². The average molecular weight is 320 g/mol. The van der Waals surface area contributed by atoms with Gasteiger partial charge in [0.1, 0.15) is 12.4 Å². The minimum Gasteiger partial charge on any atom is -0.480 e. The van der Waals surface area contributed by atoms with Crippen molar-refractivity contribution in [3.8, 4) is 0 Å². The van der Waals surface area contributed by atoms with Gasteiger partial charge in [-0.25, -0.2) is 9.79 Å². The van der Waals surface area contributed by atoms with Gasteiger partial charge in [0, 0.05) is 28.6 Å². The van der Waals surface area contributed by atoms with Crippen molar-refractivity contribution >= 4 is 40.0 Å². The number of aliphatic imine (C=N–C) groups is 1. The van der Waals surface area contributed by atoms with E-state index in [1.165, 1.54) is 7.11 Å². The van der Waals surface area contributed by atoms with E-state index >= 15 is 0 Å². The number of amidine groups is 2. The second-order valence-electron chi connectivity index (χ2n) is 4.50. The molecule has 1 aliphatic rings. The number of nitrogens with one attached hydrogen (secondary N) is 1. The average Bonchev–Trinajstić information content (AvgIpc) is 2.75. The van der Waals surface area contributed by atoms with Crippen molar-refractivity contribution in [3.05, 3.63) is 46.5 Å². The van der Waals surface area contributed by atoms with Crippen LogP contribution in [0.3, 0.4) is 0 Å². The number of fused-ring (bicyclic) bond motifs is 3. The molecule has 2 aromatic carbocycles. The Kier molecular flexibility index (Phi) is 4.75. The molecule has 0 aliphatic carbocycles. The molecule has 0 aromatic heterocycles. The predicted molar refractivity (Wildman–Crippen MR) is 86.0 cm³/mol. The molecule has 0 fully saturated rings. The van der Waals surface area contributed by atoms with Crippen LogP contribution in [0.1, 0.15) is 11.1 Å². The lowest BCUT2D eigenvalue weighted by molar-refractivity contribution is -0.141. The van der Waals surface area contributed by atoms with Crippen LogP contribution < -0.4 is 5.73 Å². The smallest absolute Gasteiger partial charge is 0.329 e. The summed E-state index contributed by atoms with van der Waals surface area (Å²) in [5, 5.41) is 18.1. The zero-order valence-corrected chi connectivity index (χ0v) is 12.5. The highest BCUT2D eigenvalue weighted by Crippen LogP contribution is 2.30. The van der Waals surface area contributed by atoms with Gasteiger partial charge in [-0.2, -0.15) is 0 Å². The first-order valence-electron chi connectivity index (χ1n) is 6.31. The summed E-state index contributed by atoms with van der Waals surface area (Å²) in [5.41, 5.74) is 7.34. The minimum absolute atomic E-state index is 0.208. The Bertz CT molecular complexity index is 787. The Morgan fingerprint density at radius 3 is 2.68 bits per heavy atom. The summed E-state index contributed by atoms with van der Waals surface area (Å²) in [6, 6.07) is 9.41. The van der Waals surface area contributed by atoms with Crippen LogP contribution in [0.4, 0.5) is 0 Å². The van der Waals surface area contributed by atoms with Crippen LogP contribution in [0.5, 0.6) is 0 Å². The van der Waals surface area contributed by atoms with Gasteiger partial charge in [0.2, 0.25) is 0 Å². The summed E-state index contributed by atoms with van der Waals surface area (Å²) >= 11 is 6.10. The van der Waals surface area contributed by atoms with Crippen molar-refractivity contribution in [2.45, 2.75) is 0 Å². The molecule has 0 bridgehead atoms. The van der Waals surface area contributed by atoms with Crippen LogP contribution >= 0.6 is 11.6 Å². The van der Waals surface area contributed by atoms with Gasteiger partial charge in [0.05, 0.1) is 0 Å². The molecule has 3 rings (SSSR count). The molecule has 7 heteroatoms. The highest BCUT2D eigenvalue weighted by atomic mass is 35.5. The van der Waals surface area contributed by atoms with E-state index in [2.05, 4.69) is 9.73 Å². The van der Waals surface area contributed by atoms with E-state index < -0.39 is 5.97 Å². The van der Waals surface area contributed by atoms with E-state index in [0.29, 0.717) is 10.9 Å². The van der Waals surface area contributed by atoms with E-state index in [1.807, 2.05) is 30.3 Å². The van der Waals surface area contributed by atoms with Gasteiger partial charge in [-0.15, -0.1) is 0 Å². The van der Waals surface area contributed by atoms with Crippen molar-refractivity contribution < 1.29 is 14.6 Å². The summed E-state index contributed by atoms with van der Waals surface area (Å²) in [6.45, 7) is -0.208. The zero-order chi connectivity index (χ0) is 16.3. The van der Waals surface area contributed by atoms with Crippen molar-refractivity contribution in [1.29, 1.82) is 5.41 Å². The largest absolute Gasteiger partial charge is 0.480 e. The third-order valence-electron chi connectivity index (χ3n) is 3.02. The number of carbonyl (C=O) groups is 1. The number of carboxylic acids is 1. The van der Waals surface area contributed by atoms with E-state index in [9.17, 15) is 4.79 Å². The van der Waals surface area contributed by atoms with Gasteiger partial charge in [0.25, 0.3) is 0 Å². The van der Waals surface area contributed by atoms with Gasteiger partial charge in [-0.3, -0.25) is 5.41 Å². The van der Waals surface area contributed by atoms with Crippen molar-refractivity contribution in [2.24, 2.45) is 10.7 Å². The third-order valence-corrected chi connectivity index (χ3v) is 3.35. The molecule has 0 amide bonds. The number of aliphatic carboxylic acids is 1. The summed E-state index contributed by atoms with van der Waals surface area (Å²) in [6.07, 6.45) is 0. The Morgan fingerprint density at radius 2 is 2.09 bits per heavy atom. The molecular weight excluding hydrogens is 306 g/mol. The van der Waals surface area contributed by atoms with Gasteiger partial charge < -0.3 is 15.6 Å². The Morgan fingerprint density at radius 1 is 1.36 bits per heavy atom. The molecule has 0 spiro atoms. The number of rotatable bonds is 2. The highest BCUT2D eigenvalue weighted by Gasteiger charge is 2.21. The quantitative estimate of drug-likeness (QED) is 0.788. The van der Waals surface area contributed by atoms with Gasteiger partial charge in [-0.1, -0.05) is 29.8 Å². The predicted octanol–water partition coefficient (Wildman–Crippen LogP) is 2.25. The molecule has 4 N–H and O–H groups in total. The van der Waals surface area contributed by atoms with Crippen molar-refractivity contribution in [2.75, 3.05) is 13.7 Å². The number of benzene rings is 2. The fourth-order valence-corrected chi connectivity index (χ4v) is 2.39. The number of halogens is 1. The molecule has 0 atom stereocenters. The lowest BCUT2D eigenvalue weighted by atomic mass is 9.99. The first kappa shape index (κ1) is 15.9. The van der Waals surface area contributed by atoms with Gasteiger partial charge in [0.15, 0.2) is 5.84 Å². The highest BCUT2D eigenvalue weighted by molar-refractivity contribution is 6.37. The molecule has 0 radical (unpaired) electrons. The number of ether oxygens (including phenoxy) is 1. The Balaban J connectivity index is 0.000000254.